The van der Waals surface area contributed by atoms with Gasteiger partial charge in [0.1, 0.15) is 0 Å². The Balaban J connectivity index is 1.62. The Morgan fingerprint density at radius 1 is 1.11 bits per heavy atom. The van der Waals surface area contributed by atoms with Gasteiger partial charge in [-0.25, -0.2) is 0 Å². The highest BCUT2D eigenvalue weighted by Crippen LogP contribution is 2.14. The fourth-order valence-electron chi connectivity index (χ4n) is 2.04. The molecule has 1 aromatic heterocycles. The highest BCUT2D eigenvalue weighted by atomic mass is 32.1. The molecule has 0 radical (unpaired) electrons. The molecule has 1 N–H and O–H groups in total. The van der Waals surface area contributed by atoms with Crippen LogP contribution in [-0.4, -0.2) is 20.1 Å². The molecule has 0 saturated heterocycles. The van der Waals surface area contributed by atoms with Crippen LogP contribution in [0.25, 0.3) is 0 Å². The number of hydrogen-bond acceptors (Lipinski definition) is 3. The Hall–Kier alpha value is -1.32. The average Bonchev–Trinajstić information content (AvgIpc) is 2.85. The van der Waals surface area contributed by atoms with E-state index in [4.69, 9.17) is 0 Å². The van der Waals surface area contributed by atoms with Crippen molar-refractivity contribution in [1.82, 2.24) is 5.32 Å². The van der Waals surface area contributed by atoms with Gasteiger partial charge in [0.25, 0.3) is 0 Å². The topological polar surface area (TPSA) is 15.3 Å². The Bertz CT molecular complexity index is 479. The first kappa shape index (κ1) is 14.1. The third-order valence-electron chi connectivity index (χ3n) is 3.14. The third kappa shape index (κ3) is 4.69. The molecule has 2 nitrogen and oxygen atoms in total. The number of nitrogens with zero attached hydrogens (tertiary/aromatic N) is 1. The summed E-state index contributed by atoms with van der Waals surface area (Å²) in [5.74, 6) is 0. The number of thiophene rings is 1. The maximum Gasteiger partial charge on any atom is 0.0363 e. The Morgan fingerprint density at radius 2 is 1.89 bits per heavy atom. The molecule has 1 aromatic carbocycles. The zero-order chi connectivity index (χ0) is 13.5. The standard InChI is InChI=1S/C16H22N2S/c1-14-9-10-16(19-14)13-17-11-6-12-18(2)15-7-4-3-5-8-15/h3-5,7-10,17H,6,11-13H2,1-2H3. The molecule has 2 aromatic rings. The van der Waals surface area contributed by atoms with Crippen LogP contribution in [0.4, 0.5) is 5.69 Å². The van der Waals surface area contributed by atoms with Crippen molar-refractivity contribution >= 4 is 17.0 Å². The summed E-state index contributed by atoms with van der Waals surface area (Å²) >= 11 is 1.88. The van der Waals surface area contributed by atoms with Gasteiger partial charge in [0.2, 0.25) is 0 Å². The predicted octanol–water partition coefficient (Wildman–Crippen LogP) is 3.67. The summed E-state index contributed by atoms with van der Waals surface area (Å²) in [6, 6.07) is 14.9. The van der Waals surface area contributed by atoms with Gasteiger partial charge in [-0.3, -0.25) is 0 Å². The van der Waals surface area contributed by atoms with Gasteiger partial charge in [0.05, 0.1) is 0 Å². The van der Waals surface area contributed by atoms with Gasteiger partial charge >= 0.3 is 0 Å². The van der Waals surface area contributed by atoms with E-state index in [1.807, 2.05) is 11.3 Å². The van der Waals surface area contributed by atoms with E-state index in [1.54, 1.807) is 0 Å². The number of para-hydroxylation sites is 1. The Labute approximate surface area is 120 Å². The van der Waals surface area contributed by atoms with Crippen molar-refractivity contribution in [3.8, 4) is 0 Å². The second-order valence-corrected chi connectivity index (χ2v) is 6.17. The van der Waals surface area contributed by atoms with E-state index in [1.165, 1.54) is 15.4 Å². The van der Waals surface area contributed by atoms with E-state index in [9.17, 15) is 0 Å². The Morgan fingerprint density at radius 3 is 2.58 bits per heavy atom. The number of anilines is 1. The lowest BCUT2D eigenvalue weighted by Crippen LogP contribution is -2.23. The summed E-state index contributed by atoms with van der Waals surface area (Å²) in [6.45, 7) is 5.30. The van der Waals surface area contributed by atoms with Crippen LogP contribution in [0, 0.1) is 6.92 Å². The maximum atomic E-state index is 3.51. The maximum absolute atomic E-state index is 3.51. The lowest BCUT2D eigenvalue weighted by atomic mass is 10.3. The molecule has 2 rings (SSSR count). The summed E-state index contributed by atoms with van der Waals surface area (Å²) < 4.78 is 0. The first-order chi connectivity index (χ1) is 9.25. The molecule has 0 atom stereocenters. The SMILES string of the molecule is Cc1ccc(CNCCCN(C)c2ccccc2)s1. The fourth-order valence-corrected chi connectivity index (χ4v) is 2.90. The van der Waals surface area contributed by atoms with Crippen molar-refractivity contribution in [3.63, 3.8) is 0 Å². The molecule has 3 heteroatoms. The second-order valence-electron chi connectivity index (χ2n) is 4.80. The van der Waals surface area contributed by atoms with E-state index in [2.05, 4.69) is 66.7 Å². The molecular weight excluding hydrogens is 252 g/mol. The zero-order valence-corrected chi connectivity index (χ0v) is 12.5. The lowest BCUT2D eigenvalue weighted by Gasteiger charge is -2.19. The van der Waals surface area contributed by atoms with Crippen LogP contribution in [0.5, 0.6) is 0 Å². The van der Waals surface area contributed by atoms with Gasteiger partial charge in [0.15, 0.2) is 0 Å². The molecular formula is C16H22N2S. The van der Waals surface area contributed by atoms with Crippen LogP contribution in [0.15, 0.2) is 42.5 Å². The normalized spacial score (nSPS) is 10.6. The van der Waals surface area contributed by atoms with Crippen LogP contribution in [-0.2, 0) is 6.54 Å². The quantitative estimate of drug-likeness (QED) is 0.775. The number of aryl methyl sites for hydroxylation is 1. The highest BCUT2D eigenvalue weighted by molar-refractivity contribution is 7.11. The zero-order valence-electron chi connectivity index (χ0n) is 11.7. The van der Waals surface area contributed by atoms with Gasteiger partial charge in [-0.2, -0.15) is 0 Å². The summed E-state index contributed by atoms with van der Waals surface area (Å²) in [5, 5.41) is 3.51. The molecule has 0 unspecified atom stereocenters. The molecule has 0 saturated carbocycles. The third-order valence-corrected chi connectivity index (χ3v) is 4.14. The minimum Gasteiger partial charge on any atom is -0.375 e. The predicted molar refractivity (Wildman–Crippen MR) is 85.1 cm³/mol. The van der Waals surface area contributed by atoms with Crippen LogP contribution < -0.4 is 10.2 Å². The van der Waals surface area contributed by atoms with Gasteiger partial charge in [-0.1, -0.05) is 18.2 Å². The van der Waals surface area contributed by atoms with E-state index in [-0.39, 0.29) is 0 Å². The number of rotatable bonds is 7. The number of benzene rings is 1. The summed E-state index contributed by atoms with van der Waals surface area (Å²) in [6.07, 6.45) is 1.16. The van der Waals surface area contributed by atoms with Crippen molar-refractivity contribution in [1.29, 1.82) is 0 Å². The van der Waals surface area contributed by atoms with Crippen LogP contribution in [0.1, 0.15) is 16.2 Å². The molecule has 102 valence electrons. The molecule has 1 heterocycles. The fraction of sp³-hybridized carbons (Fsp3) is 0.375. The molecule has 0 bridgehead atoms. The van der Waals surface area contributed by atoms with Crippen LogP contribution in [0.3, 0.4) is 0 Å². The van der Waals surface area contributed by atoms with Crippen LogP contribution >= 0.6 is 11.3 Å². The highest BCUT2D eigenvalue weighted by Gasteiger charge is 1.99. The number of hydrogen-bond donors (Lipinski definition) is 1. The van der Waals surface area contributed by atoms with E-state index in [0.29, 0.717) is 0 Å². The summed E-state index contributed by atoms with van der Waals surface area (Å²) in [5.41, 5.74) is 1.29. The van der Waals surface area contributed by atoms with Crippen molar-refractivity contribution in [2.24, 2.45) is 0 Å². The van der Waals surface area contributed by atoms with Crippen molar-refractivity contribution in [2.45, 2.75) is 19.9 Å². The molecule has 0 amide bonds. The molecule has 0 aliphatic rings. The monoisotopic (exact) mass is 274 g/mol. The largest absolute Gasteiger partial charge is 0.375 e. The smallest absolute Gasteiger partial charge is 0.0363 e. The van der Waals surface area contributed by atoms with Gasteiger partial charge in [0, 0.05) is 35.6 Å². The second kappa shape index (κ2) is 7.31. The lowest BCUT2D eigenvalue weighted by molar-refractivity contribution is 0.650. The minimum atomic E-state index is 0.994. The van der Waals surface area contributed by atoms with Gasteiger partial charge in [-0.05, 0) is 44.2 Å². The van der Waals surface area contributed by atoms with Crippen molar-refractivity contribution in [3.05, 3.63) is 52.2 Å². The van der Waals surface area contributed by atoms with Gasteiger partial charge < -0.3 is 10.2 Å². The van der Waals surface area contributed by atoms with Crippen molar-refractivity contribution < 1.29 is 0 Å². The average molecular weight is 274 g/mol. The van der Waals surface area contributed by atoms with E-state index >= 15 is 0 Å². The van der Waals surface area contributed by atoms with Gasteiger partial charge in [-0.15, -0.1) is 11.3 Å². The minimum absolute atomic E-state index is 0.994. The molecule has 0 fully saturated rings. The van der Waals surface area contributed by atoms with Crippen molar-refractivity contribution in [2.75, 3.05) is 25.0 Å². The first-order valence-electron chi connectivity index (χ1n) is 6.78. The summed E-state index contributed by atoms with van der Waals surface area (Å²) in [7, 11) is 2.15. The molecule has 0 aliphatic heterocycles. The first-order valence-corrected chi connectivity index (χ1v) is 7.59. The molecule has 0 spiro atoms. The molecule has 0 aliphatic carbocycles. The summed E-state index contributed by atoms with van der Waals surface area (Å²) in [4.78, 5) is 5.12. The molecule has 19 heavy (non-hydrogen) atoms. The van der Waals surface area contributed by atoms with E-state index < -0.39 is 0 Å². The van der Waals surface area contributed by atoms with Crippen LogP contribution in [0.2, 0.25) is 0 Å². The number of nitrogens with one attached hydrogen (secondary N) is 1. The van der Waals surface area contributed by atoms with E-state index in [0.717, 1.165) is 26.1 Å². The Kier molecular flexibility index (Phi) is 5.43.